The predicted octanol–water partition coefficient (Wildman–Crippen LogP) is 4.99. The van der Waals surface area contributed by atoms with Gasteiger partial charge in [-0.25, -0.2) is 9.78 Å². The molecule has 0 aliphatic heterocycles. The Bertz CT molecular complexity index is 1170. The van der Waals surface area contributed by atoms with Crippen molar-refractivity contribution >= 4 is 74.8 Å². The van der Waals surface area contributed by atoms with Crippen LogP contribution in [-0.2, 0) is 11.4 Å². The fourth-order valence-electron chi connectivity index (χ4n) is 3.00. The molecule has 0 fully saturated rings. The van der Waals surface area contributed by atoms with E-state index in [1.807, 2.05) is 29.7 Å². The smallest absolute Gasteiger partial charge is 0.315 e. The third-order valence-electron chi connectivity index (χ3n) is 4.73. The summed E-state index contributed by atoms with van der Waals surface area (Å²) in [4.78, 5) is 29.9. The number of likely N-dealkylation sites (N-methyl/N-ethyl adjacent to an activating group) is 1. The molecule has 0 atom stereocenters. The highest BCUT2D eigenvalue weighted by atomic mass is 79.9. The molecule has 2 heterocycles. The second kappa shape index (κ2) is 11.8. The Morgan fingerprint density at radius 2 is 1.97 bits per heavy atom. The number of fused-ring (bicyclic) bond motifs is 1. The topological polar surface area (TPSA) is 88.0 Å². The first-order chi connectivity index (χ1) is 15.2. The average Bonchev–Trinajstić information content (AvgIpc) is 3.06. The van der Waals surface area contributed by atoms with Crippen molar-refractivity contribution in [2.45, 2.75) is 20.5 Å². The summed E-state index contributed by atoms with van der Waals surface area (Å²) in [5.41, 5.74) is 2.48. The Hall–Kier alpha value is -2.20. The molecule has 3 amide bonds. The van der Waals surface area contributed by atoms with Gasteiger partial charge in [0, 0.05) is 30.4 Å². The lowest BCUT2D eigenvalue weighted by Crippen LogP contribution is -2.42. The molecule has 0 spiro atoms. The number of halogens is 4. The predicted molar refractivity (Wildman–Crippen MR) is 136 cm³/mol. The molecule has 2 aromatic heterocycles. The summed E-state index contributed by atoms with van der Waals surface area (Å²) < 4.78 is 8.71. The molecule has 3 aromatic rings. The Kier molecular flexibility index (Phi) is 9.66. The molecule has 2 N–H and O–H groups in total. The molecule has 0 aliphatic carbocycles. The lowest BCUT2D eigenvalue weighted by atomic mass is 10.2. The number of benzene rings is 1. The molecule has 33 heavy (non-hydrogen) atoms. The fraction of sp³-hybridized carbons (Fsp3) is 0.286. The van der Waals surface area contributed by atoms with E-state index < -0.39 is 6.03 Å². The Balaban J connectivity index is 0.00000385. The van der Waals surface area contributed by atoms with Crippen LogP contribution in [0.3, 0.4) is 0 Å². The highest BCUT2D eigenvalue weighted by molar-refractivity contribution is 9.10. The van der Waals surface area contributed by atoms with Gasteiger partial charge in [-0.15, -0.1) is 12.4 Å². The number of amides is 3. The monoisotopic (exact) mass is 577 g/mol. The van der Waals surface area contributed by atoms with E-state index in [4.69, 9.17) is 27.9 Å². The third-order valence-corrected chi connectivity index (χ3v) is 6.46. The van der Waals surface area contributed by atoms with Gasteiger partial charge in [0.2, 0.25) is 5.91 Å². The largest absolute Gasteiger partial charge is 0.485 e. The van der Waals surface area contributed by atoms with Crippen LogP contribution in [0.1, 0.15) is 18.2 Å². The number of ether oxygens (including phenoxy) is 1. The maximum Gasteiger partial charge on any atom is 0.315 e. The summed E-state index contributed by atoms with van der Waals surface area (Å²) in [6.07, 6.45) is 1.88. The van der Waals surface area contributed by atoms with Crippen LogP contribution in [0.2, 0.25) is 10.0 Å². The highest BCUT2D eigenvalue weighted by Gasteiger charge is 2.19. The minimum absolute atomic E-state index is 0. The van der Waals surface area contributed by atoms with Gasteiger partial charge in [0.15, 0.2) is 11.4 Å². The number of imidazole rings is 1. The summed E-state index contributed by atoms with van der Waals surface area (Å²) >= 11 is 16.5. The number of urea groups is 1. The second-order valence-electron chi connectivity index (χ2n) is 6.87. The van der Waals surface area contributed by atoms with Crippen molar-refractivity contribution in [2.75, 3.05) is 25.0 Å². The quantitative estimate of drug-likeness (QED) is 0.413. The van der Waals surface area contributed by atoms with Crippen molar-refractivity contribution < 1.29 is 14.3 Å². The van der Waals surface area contributed by atoms with Gasteiger partial charge in [0.05, 0.1) is 22.9 Å². The zero-order valence-corrected chi connectivity index (χ0v) is 22.0. The number of hydrogen-bond donors (Lipinski definition) is 2. The van der Waals surface area contributed by atoms with Crippen LogP contribution in [0.15, 0.2) is 35.1 Å². The minimum Gasteiger partial charge on any atom is -0.485 e. The first kappa shape index (κ1) is 27.0. The van der Waals surface area contributed by atoms with Crippen LogP contribution < -0.4 is 20.3 Å². The van der Waals surface area contributed by atoms with Gasteiger partial charge in [-0.3, -0.25) is 9.20 Å². The van der Waals surface area contributed by atoms with Gasteiger partial charge in [-0.2, -0.15) is 0 Å². The standard InChI is InChI=1S/C21H22BrCl2N5O3.ClH/c1-4-25-21(31)26-10-17(30)28(3)15-8-7-14(23)13(18(15)24)11-32-16-6-5-9-29-19(22)12(2)27-20(16)29;/h5-9H,4,10-11H2,1-3H3,(H2,25,26,31);1H. The summed E-state index contributed by atoms with van der Waals surface area (Å²) in [6.45, 7) is 4.05. The summed E-state index contributed by atoms with van der Waals surface area (Å²) in [7, 11) is 1.58. The number of aryl methyl sites for hydroxylation is 1. The van der Waals surface area contributed by atoms with Gasteiger partial charge in [-0.1, -0.05) is 23.2 Å². The van der Waals surface area contributed by atoms with Gasteiger partial charge in [0.1, 0.15) is 11.2 Å². The van der Waals surface area contributed by atoms with Crippen molar-refractivity contribution in [1.29, 1.82) is 0 Å². The first-order valence-electron chi connectivity index (χ1n) is 9.75. The highest BCUT2D eigenvalue weighted by Crippen LogP contribution is 2.35. The van der Waals surface area contributed by atoms with Gasteiger partial charge in [-0.05, 0) is 54.0 Å². The summed E-state index contributed by atoms with van der Waals surface area (Å²) in [5.74, 6) is 0.226. The van der Waals surface area contributed by atoms with Gasteiger partial charge < -0.3 is 20.3 Å². The van der Waals surface area contributed by atoms with E-state index in [0.29, 0.717) is 39.2 Å². The van der Waals surface area contributed by atoms with E-state index in [1.165, 1.54) is 4.90 Å². The lowest BCUT2D eigenvalue weighted by molar-refractivity contribution is -0.117. The number of nitrogens with one attached hydrogen (secondary N) is 2. The summed E-state index contributed by atoms with van der Waals surface area (Å²) in [5, 5.41) is 5.77. The van der Waals surface area contributed by atoms with Crippen molar-refractivity contribution in [3.8, 4) is 5.75 Å². The number of nitrogens with zero attached hydrogens (tertiary/aromatic N) is 3. The number of hydrogen-bond acceptors (Lipinski definition) is 4. The van der Waals surface area contributed by atoms with Crippen LogP contribution in [0.5, 0.6) is 5.75 Å². The van der Waals surface area contributed by atoms with Crippen molar-refractivity contribution in [1.82, 2.24) is 20.0 Å². The van der Waals surface area contributed by atoms with E-state index in [-0.39, 0.29) is 31.5 Å². The van der Waals surface area contributed by atoms with Gasteiger partial charge in [0.25, 0.3) is 0 Å². The molecule has 0 radical (unpaired) electrons. The molecular weight excluding hydrogens is 557 g/mol. The molecule has 0 saturated carbocycles. The Labute approximate surface area is 216 Å². The summed E-state index contributed by atoms with van der Waals surface area (Å²) in [6, 6.07) is 6.54. The fourth-order valence-corrected chi connectivity index (χ4v) is 3.98. The lowest BCUT2D eigenvalue weighted by Gasteiger charge is -2.21. The van der Waals surface area contributed by atoms with Crippen molar-refractivity contribution in [2.24, 2.45) is 0 Å². The second-order valence-corrected chi connectivity index (χ2v) is 8.40. The minimum atomic E-state index is -0.416. The SMILES string of the molecule is CCNC(=O)NCC(=O)N(C)c1ccc(Cl)c(COc2cccn3c(Br)c(C)nc23)c1Cl.Cl. The normalized spacial score (nSPS) is 10.5. The molecule has 3 rings (SSSR count). The molecule has 0 saturated heterocycles. The van der Waals surface area contributed by atoms with Crippen LogP contribution in [0, 0.1) is 6.92 Å². The maximum absolute atomic E-state index is 12.5. The van der Waals surface area contributed by atoms with E-state index in [2.05, 4.69) is 31.5 Å². The molecule has 8 nitrogen and oxygen atoms in total. The van der Waals surface area contributed by atoms with E-state index >= 15 is 0 Å². The van der Waals surface area contributed by atoms with Gasteiger partial charge >= 0.3 is 6.03 Å². The van der Waals surface area contributed by atoms with Crippen molar-refractivity contribution in [3.05, 3.63) is 56.4 Å². The van der Waals surface area contributed by atoms with E-state index in [9.17, 15) is 9.59 Å². The molecule has 178 valence electrons. The molecule has 1 aromatic carbocycles. The molecule has 0 unspecified atom stereocenters. The van der Waals surface area contributed by atoms with Crippen molar-refractivity contribution in [3.63, 3.8) is 0 Å². The Morgan fingerprint density at radius 1 is 1.24 bits per heavy atom. The average molecular weight is 580 g/mol. The third kappa shape index (κ3) is 6.03. The number of carbonyl (C=O) groups excluding carboxylic acids is 2. The zero-order chi connectivity index (χ0) is 23.4. The Morgan fingerprint density at radius 3 is 2.67 bits per heavy atom. The van der Waals surface area contributed by atoms with Crippen LogP contribution in [-0.4, -0.2) is 41.5 Å². The number of carbonyl (C=O) groups is 2. The van der Waals surface area contributed by atoms with Crippen LogP contribution in [0.25, 0.3) is 5.65 Å². The molecular formula is C21H23BrCl3N5O3. The molecule has 12 heteroatoms. The molecule has 0 bridgehead atoms. The van der Waals surface area contributed by atoms with E-state index in [0.717, 1.165) is 10.3 Å². The number of anilines is 1. The number of pyridine rings is 1. The first-order valence-corrected chi connectivity index (χ1v) is 11.3. The molecule has 0 aliphatic rings. The number of aromatic nitrogens is 2. The van der Waals surface area contributed by atoms with Crippen LogP contribution >= 0.6 is 51.5 Å². The van der Waals surface area contributed by atoms with E-state index in [1.54, 1.807) is 26.1 Å². The van der Waals surface area contributed by atoms with Crippen LogP contribution in [0.4, 0.5) is 10.5 Å². The zero-order valence-electron chi connectivity index (χ0n) is 18.1. The number of rotatable bonds is 7. The maximum atomic E-state index is 12.5.